The van der Waals surface area contributed by atoms with Crippen LogP contribution in [-0.2, 0) is 10.0 Å². The Hall–Kier alpha value is -2.41. The molecule has 2 rings (SSSR count). The van der Waals surface area contributed by atoms with Gasteiger partial charge in [0.2, 0.25) is 10.0 Å². The number of benzene rings is 2. The average Bonchev–Trinajstić information content (AvgIpc) is 2.56. The Balaban J connectivity index is 2.18. The molecular weight excluding hydrogens is 316 g/mol. The van der Waals surface area contributed by atoms with Crippen molar-refractivity contribution < 1.29 is 17.9 Å². The number of anilines is 3. The van der Waals surface area contributed by atoms with Crippen molar-refractivity contribution in [3.63, 3.8) is 0 Å². The van der Waals surface area contributed by atoms with Gasteiger partial charge in [0.25, 0.3) is 0 Å². The summed E-state index contributed by atoms with van der Waals surface area (Å²) >= 11 is 0. The van der Waals surface area contributed by atoms with Crippen LogP contribution in [0.2, 0.25) is 0 Å². The second-order valence-electron chi connectivity index (χ2n) is 4.77. The fraction of sp³-hybridized carbons (Fsp3) is 0.250. The number of nitrogens with one attached hydrogen (secondary N) is 2. The topological polar surface area (TPSA) is 76.7 Å². The maximum Gasteiger partial charge on any atom is 0.232 e. The summed E-state index contributed by atoms with van der Waals surface area (Å²) in [4.78, 5) is 0. The van der Waals surface area contributed by atoms with E-state index >= 15 is 0 Å². The molecule has 2 aromatic carbocycles. The van der Waals surface area contributed by atoms with E-state index < -0.39 is 10.0 Å². The maximum absolute atomic E-state index is 11.5. The number of sulfonamides is 1. The molecule has 0 aromatic heterocycles. The summed E-state index contributed by atoms with van der Waals surface area (Å²) in [6, 6.07) is 12.4. The molecule has 0 aliphatic carbocycles. The molecule has 124 valence electrons. The number of rotatable bonds is 7. The molecule has 7 heteroatoms. The SMILES string of the molecule is CCS(=O)(=O)Nc1ccc(Nc2cc(OC)ccc2OC)cc1. The van der Waals surface area contributed by atoms with Crippen LogP contribution in [0.3, 0.4) is 0 Å². The van der Waals surface area contributed by atoms with E-state index in [4.69, 9.17) is 9.47 Å². The van der Waals surface area contributed by atoms with Crippen LogP contribution in [0.5, 0.6) is 11.5 Å². The van der Waals surface area contributed by atoms with E-state index in [-0.39, 0.29) is 5.75 Å². The second kappa shape index (κ2) is 7.23. The molecule has 0 unspecified atom stereocenters. The molecule has 0 amide bonds. The smallest absolute Gasteiger partial charge is 0.232 e. The molecule has 0 bridgehead atoms. The van der Waals surface area contributed by atoms with Crippen LogP contribution in [0.25, 0.3) is 0 Å². The highest BCUT2D eigenvalue weighted by molar-refractivity contribution is 7.92. The Kier molecular flexibility index (Phi) is 5.33. The largest absolute Gasteiger partial charge is 0.497 e. The van der Waals surface area contributed by atoms with Crippen molar-refractivity contribution in [1.29, 1.82) is 0 Å². The first-order valence-corrected chi connectivity index (χ1v) is 8.72. The van der Waals surface area contributed by atoms with Crippen LogP contribution in [0.1, 0.15) is 6.92 Å². The van der Waals surface area contributed by atoms with Crippen LogP contribution in [-0.4, -0.2) is 28.4 Å². The second-order valence-corrected chi connectivity index (χ2v) is 6.79. The molecule has 0 aliphatic rings. The van der Waals surface area contributed by atoms with Gasteiger partial charge < -0.3 is 14.8 Å². The van der Waals surface area contributed by atoms with Gasteiger partial charge >= 0.3 is 0 Å². The van der Waals surface area contributed by atoms with Crippen LogP contribution in [0.15, 0.2) is 42.5 Å². The molecule has 0 fully saturated rings. The van der Waals surface area contributed by atoms with E-state index in [9.17, 15) is 8.42 Å². The van der Waals surface area contributed by atoms with Crippen molar-refractivity contribution in [2.75, 3.05) is 30.0 Å². The summed E-state index contributed by atoms with van der Waals surface area (Å²) in [5, 5.41) is 3.22. The minimum Gasteiger partial charge on any atom is -0.497 e. The van der Waals surface area contributed by atoms with E-state index in [1.165, 1.54) is 0 Å². The normalized spacial score (nSPS) is 10.9. The molecule has 0 radical (unpaired) electrons. The van der Waals surface area contributed by atoms with Crippen LogP contribution in [0, 0.1) is 0 Å². The first-order valence-electron chi connectivity index (χ1n) is 7.07. The third-order valence-corrected chi connectivity index (χ3v) is 4.53. The van der Waals surface area contributed by atoms with Gasteiger partial charge in [0.05, 0.1) is 25.7 Å². The minimum absolute atomic E-state index is 0.0357. The fourth-order valence-corrected chi connectivity index (χ4v) is 2.58. The van der Waals surface area contributed by atoms with Crippen LogP contribution < -0.4 is 19.5 Å². The lowest BCUT2D eigenvalue weighted by Crippen LogP contribution is -2.14. The molecule has 0 saturated carbocycles. The highest BCUT2D eigenvalue weighted by Crippen LogP contribution is 2.31. The van der Waals surface area contributed by atoms with Gasteiger partial charge in [-0.3, -0.25) is 4.72 Å². The monoisotopic (exact) mass is 336 g/mol. The van der Waals surface area contributed by atoms with E-state index in [1.807, 2.05) is 18.2 Å². The maximum atomic E-state index is 11.5. The highest BCUT2D eigenvalue weighted by Gasteiger charge is 2.08. The molecule has 0 spiro atoms. The van der Waals surface area contributed by atoms with Crippen molar-refractivity contribution >= 4 is 27.1 Å². The van der Waals surface area contributed by atoms with Gasteiger partial charge in [-0.15, -0.1) is 0 Å². The fourth-order valence-electron chi connectivity index (χ4n) is 1.94. The van der Waals surface area contributed by atoms with Crippen LogP contribution >= 0.6 is 0 Å². The van der Waals surface area contributed by atoms with Gasteiger partial charge in [0.15, 0.2) is 0 Å². The summed E-state index contributed by atoms with van der Waals surface area (Å²) in [5.41, 5.74) is 2.08. The van der Waals surface area contributed by atoms with Gasteiger partial charge in [0, 0.05) is 17.4 Å². The molecule has 6 nitrogen and oxygen atoms in total. The Labute approximate surface area is 136 Å². The van der Waals surface area contributed by atoms with Crippen molar-refractivity contribution in [1.82, 2.24) is 0 Å². The summed E-state index contributed by atoms with van der Waals surface area (Å²) in [6.45, 7) is 1.59. The lowest BCUT2D eigenvalue weighted by Gasteiger charge is -2.13. The molecular formula is C16H20N2O4S. The lowest BCUT2D eigenvalue weighted by molar-refractivity contribution is 0.405. The predicted octanol–water partition coefficient (Wildman–Crippen LogP) is 3.21. The number of hydrogen-bond donors (Lipinski definition) is 2. The van der Waals surface area contributed by atoms with Gasteiger partial charge in [-0.1, -0.05) is 0 Å². The zero-order valence-electron chi connectivity index (χ0n) is 13.3. The third-order valence-electron chi connectivity index (χ3n) is 3.22. The van der Waals surface area contributed by atoms with Crippen molar-refractivity contribution in [2.45, 2.75) is 6.92 Å². The third kappa shape index (κ3) is 4.53. The molecule has 0 saturated heterocycles. The summed E-state index contributed by atoms with van der Waals surface area (Å²) in [6.07, 6.45) is 0. The first kappa shape index (κ1) is 17.0. The van der Waals surface area contributed by atoms with Gasteiger partial charge in [-0.25, -0.2) is 8.42 Å². The van der Waals surface area contributed by atoms with E-state index in [1.54, 1.807) is 45.4 Å². The Morgan fingerprint density at radius 3 is 2.17 bits per heavy atom. The zero-order chi connectivity index (χ0) is 16.9. The van der Waals surface area contributed by atoms with Crippen LogP contribution in [0.4, 0.5) is 17.1 Å². The van der Waals surface area contributed by atoms with E-state index in [2.05, 4.69) is 10.0 Å². The molecule has 23 heavy (non-hydrogen) atoms. The quantitative estimate of drug-likeness (QED) is 0.812. The van der Waals surface area contributed by atoms with E-state index in [0.717, 1.165) is 11.4 Å². The lowest BCUT2D eigenvalue weighted by atomic mass is 10.2. The van der Waals surface area contributed by atoms with Gasteiger partial charge in [-0.2, -0.15) is 0 Å². The molecule has 0 aliphatic heterocycles. The first-order chi connectivity index (χ1) is 11.0. The number of ether oxygens (including phenoxy) is 2. The Morgan fingerprint density at radius 1 is 0.957 bits per heavy atom. The zero-order valence-corrected chi connectivity index (χ0v) is 14.1. The van der Waals surface area contributed by atoms with Crippen molar-refractivity contribution in [2.24, 2.45) is 0 Å². The van der Waals surface area contributed by atoms with E-state index in [0.29, 0.717) is 17.2 Å². The Bertz CT molecular complexity index is 758. The summed E-state index contributed by atoms with van der Waals surface area (Å²) < 4.78 is 36.1. The van der Waals surface area contributed by atoms with Gasteiger partial charge in [-0.05, 0) is 43.3 Å². The summed E-state index contributed by atoms with van der Waals surface area (Å²) in [5.74, 6) is 1.43. The number of methoxy groups -OCH3 is 2. The minimum atomic E-state index is -3.27. The van der Waals surface area contributed by atoms with Crippen molar-refractivity contribution in [3.8, 4) is 11.5 Å². The van der Waals surface area contributed by atoms with Crippen molar-refractivity contribution in [3.05, 3.63) is 42.5 Å². The highest BCUT2D eigenvalue weighted by atomic mass is 32.2. The standard InChI is InChI=1S/C16H20N2O4S/c1-4-23(19,20)18-13-7-5-12(6-8-13)17-15-11-14(21-2)9-10-16(15)22-3/h5-11,17-18H,4H2,1-3H3. The summed E-state index contributed by atoms with van der Waals surface area (Å²) in [7, 11) is -0.0806. The molecule has 2 N–H and O–H groups in total. The Morgan fingerprint density at radius 2 is 1.61 bits per heavy atom. The number of hydrogen-bond acceptors (Lipinski definition) is 5. The van der Waals surface area contributed by atoms with Gasteiger partial charge in [0.1, 0.15) is 11.5 Å². The molecule has 0 atom stereocenters. The predicted molar refractivity (Wildman–Crippen MR) is 92.4 cm³/mol. The average molecular weight is 336 g/mol. The molecule has 0 heterocycles. The molecule has 2 aromatic rings.